The van der Waals surface area contributed by atoms with Crippen molar-refractivity contribution in [2.45, 2.75) is 51.4 Å². The van der Waals surface area contributed by atoms with Crippen LogP contribution in [-0.4, -0.2) is 50.5 Å². The lowest BCUT2D eigenvalue weighted by Gasteiger charge is -2.43. The van der Waals surface area contributed by atoms with Crippen molar-refractivity contribution >= 4 is 44.8 Å². The second kappa shape index (κ2) is 12.0. The molecule has 1 N–H and O–H groups in total. The highest BCUT2D eigenvalue weighted by molar-refractivity contribution is 9.10. The van der Waals surface area contributed by atoms with Crippen LogP contribution in [0.15, 0.2) is 57.3 Å². The van der Waals surface area contributed by atoms with Gasteiger partial charge in [-0.15, -0.1) is 0 Å². The number of benzene rings is 2. The number of carboxylic acid groups (broad SMARTS) is 1. The predicted octanol–water partition coefficient (Wildman–Crippen LogP) is 5.95. The second-order valence-corrected chi connectivity index (χ2v) is 11.1. The van der Waals surface area contributed by atoms with Crippen LogP contribution in [0.2, 0.25) is 0 Å². The number of carbonyl (C=O) groups is 3. The molecule has 5 rings (SSSR count). The van der Waals surface area contributed by atoms with Gasteiger partial charge in [-0.05, 0) is 72.3 Å². The third kappa shape index (κ3) is 5.61. The highest BCUT2D eigenvalue weighted by Crippen LogP contribution is 2.52. The summed E-state index contributed by atoms with van der Waals surface area (Å²) in [6.45, 7) is 1.53. The van der Waals surface area contributed by atoms with Gasteiger partial charge in [0.25, 0.3) is 5.69 Å². The lowest BCUT2D eigenvalue weighted by atomic mass is 9.71. The Morgan fingerprint density at radius 1 is 0.977 bits per heavy atom. The van der Waals surface area contributed by atoms with Crippen LogP contribution in [0.1, 0.15) is 56.9 Å². The number of Topliss-reactive ketones (excluding diaryl/α,β-unsaturated/α-hetero) is 2. The van der Waals surface area contributed by atoms with E-state index in [0.29, 0.717) is 58.3 Å². The summed E-state index contributed by atoms with van der Waals surface area (Å²) in [6, 6.07) is 6.26. The molecule has 0 saturated carbocycles. The van der Waals surface area contributed by atoms with Gasteiger partial charge < -0.3 is 19.5 Å². The lowest BCUT2D eigenvalue weighted by molar-refractivity contribution is -0.394. The van der Waals surface area contributed by atoms with E-state index in [1.54, 1.807) is 24.0 Å². The third-order valence-corrected chi connectivity index (χ3v) is 8.20. The normalized spacial score (nSPS) is 17.0. The summed E-state index contributed by atoms with van der Waals surface area (Å²) < 4.78 is 12.1. The molecule has 0 fully saturated rings. The van der Waals surface area contributed by atoms with E-state index in [2.05, 4.69) is 15.9 Å². The number of carbonyl (C=O) groups excluding carboxylic acids is 2. The average molecular weight is 656 g/mol. The van der Waals surface area contributed by atoms with Crippen molar-refractivity contribution in [3.8, 4) is 17.2 Å². The molecule has 2 aromatic carbocycles. The van der Waals surface area contributed by atoms with E-state index in [4.69, 9.17) is 9.47 Å². The number of nitro benzene ring substituents is 2. The summed E-state index contributed by atoms with van der Waals surface area (Å²) in [6.07, 6.45) is 2.62. The summed E-state index contributed by atoms with van der Waals surface area (Å²) in [5.74, 6) is -2.22. The number of hydrogen-bond donors (Lipinski definition) is 1. The molecule has 0 spiro atoms. The predicted molar refractivity (Wildman–Crippen MR) is 154 cm³/mol. The standard InChI is InChI=1S/C29H26BrN3O10/c1-2-42-24-12-15(11-17(30)29(24)43-23-10-9-16(32(38)39)13-20(23)33(40)41)26-27-18(5-3-7-21(27)34)31(14-25(36)37)19-6-4-8-22(35)28(19)26/h9-13,26H,2-8,14H2,1H3,(H,36,37). The molecule has 13 nitrogen and oxygen atoms in total. The molecule has 3 aliphatic rings. The molecule has 0 amide bonds. The molecule has 43 heavy (non-hydrogen) atoms. The smallest absolute Gasteiger partial charge is 0.323 e. The monoisotopic (exact) mass is 655 g/mol. The van der Waals surface area contributed by atoms with Gasteiger partial charge in [0.1, 0.15) is 6.54 Å². The highest BCUT2D eigenvalue weighted by Gasteiger charge is 2.44. The van der Waals surface area contributed by atoms with E-state index in [0.717, 1.165) is 18.2 Å². The average Bonchev–Trinajstić information content (AvgIpc) is 2.95. The first kappa shape index (κ1) is 29.9. The first-order valence-electron chi connectivity index (χ1n) is 13.6. The fourth-order valence-corrected chi connectivity index (χ4v) is 6.49. The molecule has 2 aromatic rings. The van der Waals surface area contributed by atoms with Gasteiger partial charge in [-0.1, -0.05) is 0 Å². The van der Waals surface area contributed by atoms with Gasteiger partial charge >= 0.3 is 11.7 Å². The number of hydrogen-bond acceptors (Lipinski definition) is 10. The zero-order valence-electron chi connectivity index (χ0n) is 23.0. The van der Waals surface area contributed by atoms with Crippen LogP contribution in [0.3, 0.4) is 0 Å². The lowest BCUT2D eigenvalue weighted by Crippen LogP contribution is -2.41. The van der Waals surface area contributed by atoms with Crippen molar-refractivity contribution < 1.29 is 38.8 Å². The summed E-state index contributed by atoms with van der Waals surface area (Å²) in [4.78, 5) is 61.7. The SMILES string of the molecule is CCOc1cc(C2C3=C(CCCC3=O)N(CC(=O)O)C3=C2C(=O)CCC3)cc(Br)c1Oc1ccc([N+](=O)[O-])cc1[N+](=O)[O-]. The molecule has 1 heterocycles. The van der Waals surface area contributed by atoms with E-state index in [1.165, 1.54) is 0 Å². The van der Waals surface area contributed by atoms with Crippen molar-refractivity contribution in [1.29, 1.82) is 0 Å². The largest absolute Gasteiger partial charge is 0.490 e. The molecule has 1 aliphatic heterocycles. The molecule has 0 radical (unpaired) electrons. The molecule has 224 valence electrons. The molecular formula is C29H26BrN3O10. The topological polar surface area (TPSA) is 179 Å². The van der Waals surface area contributed by atoms with E-state index in [1.807, 2.05) is 0 Å². The van der Waals surface area contributed by atoms with Gasteiger partial charge in [0.15, 0.2) is 23.1 Å². The fraction of sp³-hybridized carbons (Fsp3) is 0.345. The van der Waals surface area contributed by atoms with E-state index < -0.39 is 33.1 Å². The maximum atomic E-state index is 13.5. The van der Waals surface area contributed by atoms with Crippen LogP contribution in [0, 0.1) is 20.2 Å². The Kier molecular flexibility index (Phi) is 8.31. The van der Waals surface area contributed by atoms with Crippen LogP contribution < -0.4 is 9.47 Å². The Labute approximate surface area is 253 Å². The number of ketones is 2. The van der Waals surface area contributed by atoms with Crippen LogP contribution in [0.25, 0.3) is 0 Å². The van der Waals surface area contributed by atoms with Gasteiger partial charge in [0.05, 0.1) is 27.0 Å². The molecule has 0 bridgehead atoms. The Morgan fingerprint density at radius 2 is 1.60 bits per heavy atom. The minimum atomic E-state index is -1.07. The Balaban J connectivity index is 1.67. The number of carboxylic acids is 1. The first-order valence-corrected chi connectivity index (χ1v) is 14.4. The quantitative estimate of drug-likeness (QED) is 0.249. The molecule has 14 heteroatoms. The molecule has 0 atom stereocenters. The minimum Gasteiger partial charge on any atom is -0.490 e. The maximum absolute atomic E-state index is 13.5. The number of nitrogens with zero attached hydrogens (tertiary/aromatic N) is 3. The van der Waals surface area contributed by atoms with Crippen LogP contribution >= 0.6 is 15.9 Å². The van der Waals surface area contributed by atoms with Gasteiger partial charge in [-0.2, -0.15) is 0 Å². The Morgan fingerprint density at radius 3 is 2.14 bits per heavy atom. The first-order chi connectivity index (χ1) is 20.5. The maximum Gasteiger partial charge on any atom is 0.323 e. The summed E-state index contributed by atoms with van der Waals surface area (Å²) in [7, 11) is 0. The number of ether oxygens (including phenoxy) is 2. The van der Waals surface area contributed by atoms with Crippen LogP contribution in [-0.2, 0) is 14.4 Å². The van der Waals surface area contributed by atoms with Crippen molar-refractivity contribution in [3.63, 3.8) is 0 Å². The zero-order chi connectivity index (χ0) is 31.0. The molecular weight excluding hydrogens is 630 g/mol. The van der Waals surface area contributed by atoms with Crippen molar-refractivity contribution in [1.82, 2.24) is 4.90 Å². The second-order valence-electron chi connectivity index (χ2n) is 10.2. The van der Waals surface area contributed by atoms with Crippen LogP contribution in [0.4, 0.5) is 11.4 Å². The van der Waals surface area contributed by atoms with Gasteiger partial charge in [0.2, 0.25) is 5.75 Å². The van der Waals surface area contributed by atoms with E-state index in [9.17, 15) is 39.7 Å². The van der Waals surface area contributed by atoms with Gasteiger partial charge in [-0.25, -0.2) is 0 Å². The Bertz CT molecular complexity index is 1600. The van der Waals surface area contributed by atoms with Crippen molar-refractivity contribution in [3.05, 3.63) is 83.1 Å². The summed E-state index contributed by atoms with van der Waals surface area (Å²) in [5, 5.41) is 32.6. The van der Waals surface area contributed by atoms with Gasteiger partial charge in [-0.3, -0.25) is 34.6 Å². The zero-order valence-corrected chi connectivity index (χ0v) is 24.5. The highest BCUT2D eigenvalue weighted by atomic mass is 79.9. The number of rotatable bonds is 9. The molecule has 0 saturated heterocycles. The third-order valence-electron chi connectivity index (χ3n) is 7.61. The van der Waals surface area contributed by atoms with E-state index in [-0.39, 0.29) is 54.8 Å². The number of allylic oxidation sites excluding steroid dienone is 4. The molecule has 2 aliphatic carbocycles. The number of nitro groups is 2. The molecule has 0 aromatic heterocycles. The Hall–Kier alpha value is -4.59. The number of halogens is 1. The summed E-state index contributed by atoms with van der Waals surface area (Å²) >= 11 is 3.47. The van der Waals surface area contributed by atoms with Crippen LogP contribution in [0.5, 0.6) is 17.2 Å². The van der Waals surface area contributed by atoms with Crippen molar-refractivity contribution in [2.75, 3.05) is 13.2 Å². The number of aliphatic carboxylic acids is 1. The van der Waals surface area contributed by atoms with Gasteiger partial charge in [0, 0.05) is 47.4 Å². The summed E-state index contributed by atoms with van der Waals surface area (Å²) in [5.41, 5.74) is 1.41. The van der Waals surface area contributed by atoms with Crippen molar-refractivity contribution in [2.24, 2.45) is 0 Å². The number of non-ortho nitro benzene ring substituents is 1. The fourth-order valence-electron chi connectivity index (χ4n) is 5.95. The molecule has 0 unspecified atom stereocenters. The van der Waals surface area contributed by atoms with E-state index >= 15 is 0 Å². The minimum absolute atomic E-state index is 0.0548.